The summed E-state index contributed by atoms with van der Waals surface area (Å²) in [6, 6.07) is 12.1. The summed E-state index contributed by atoms with van der Waals surface area (Å²) in [5.74, 6) is 0.516. The largest absolute Gasteiger partial charge is 0.361 e. The van der Waals surface area contributed by atoms with Crippen LogP contribution in [-0.4, -0.2) is 27.0 Å². The van der Waals surface area contributed by atoms with Crippen LogP contribution in [0.1, 0.15) is 40.2 Å². The minimum atomic E-state index is -0.118. The number of benzene rings is 1. The molecule has 0 saturated carbocycles. The number of carbonyl (C=O) groups is 1. The summed E-state index contributed by atoms with van der Waals surface area (Å²) in [4.78, 5) is 19.1. The molecular formula is C19H21N3O2S. The van der Waals surface area contributed by atoms with Gasteiger partial charge in [0.15, 0.2) is 5.69 Å². The van der Waals surface area contributed by atoms with Crippen molar-refractivity contribution in [3.63, 3.8) is 0 Å². The SMILES string of the molecule is Cc1cc(C(=O)N(Cc2nccs2)[C@H](C)CCc2ccccc2)no1. The van der Waals surface area contributed by atoms with Gasteiger partial charge in [0, 0.05) is 23.7 Å². The van der Waals surface area contributed by atoms with Crippen LogP contribution in [0.25, 0.3) is 0 Å². The van der Waals surface area contributed by atoms with Gasteiger partial charge in [0.1, 0.15) is 10.8 Å². The molecule has 2 aromatic heterocycles. The minimum absolute atomic E-state index is 0.0635. The first-order valence-corrected chi connectivity index (χ1v) is 9.18. The van der Waals surface area contributed by atoms with E-state index in [9.17, 15) is 4.79 Å². The van der Waals surface area contributed by atoms with E-state index in [0.29, 0.717) is 18.0 Å². The molecule has 0 radical (unpaired) electrons. The molecule has 3 rings (SSSR count). The second-order valence-electron chi connectivity index (χ2n) is 6.05. The minimum Gasteiger partial charge on any atom is -0.361 e. The van der Waals surface area contributed by atoms with Gasteiger partial charge >= 0.3 is 0 Å². The number of nitrogens with zero attached hydrogens (tertiary/aromatic N) is 3. The van der Waals surface area contributed by atoms with Crippen molar-refractivity contribution in [2.24, 2.45) is 0 Å². The molecule has 25 heavy (non-hydrogen) atoms. The Labute approximate surface area is 151 Å². The molecule has 0 fully saturated rings. The zero-order valence-corrected chi connectivity index (χ0v) is 15.2. The van der Waals surface area contributed by atoms with Crippen LogP contribution in [0.15, 0.2) is 52.5 Å². The Hall–Kier alpha value is -2.47. The highest BCUT2D eigenvalue weighted by atomic mass is 32.1. The van der Waals surface area contributed by atoms with Crippen LogP contribution in [0, 0.1) is 6.92 Å². The number of aromatic nitrogens is 2. The number of aryl methyl sites for hydroxylation is 2. The van der Waals surface area contributed by atoms with E-state index >= 15 is 0 Å². The van der Waals surface area contributed by atoms with Gasteiger partial charge in [0.05, 0.1) is 6.54 Å². The van der Waals surface area contributed by atoms with Crippen molar-refractivity contribution in [1.29, 1.82) is 0 Å². The van der Waals surface area contributed by atoms with Gasteiger partial charge in [-0.3, -0.25) is 4.79 Å². The third kappa shape index (κ3) is 4.54. The van der Waals surface area contributed by atoms with Gasteiger partial charge in [0.25, 0.3) is 5.91 Å². The summed E-state index contributed by atoms with van der Waals surface area (Å²) in [6.07, 6.45) is 3.55. The Morgan fingerprint density at radius 2 is 2.12 bits per heavy atom. The van der Waals surface area contributed by atoms with Crippen molar-refractivity contribution in [3.05, 3.63) is 70.0 Å². The molecule has 0 aliphatic rings. The molecule has 5 nitrogen and oxygen atoms in total. The number of rotatable bonds is 7. The average molecular weight is 355 g/mol. The molecule has 0 unspecified atom stereocenters. The Kier molecular flexibility index (Phi) is 5.60. The van der Waals surface area contributed by atoms with Crippen LogP contribution in [0.5, 0.6) is 0 Å². The molecule has 6 heteroatoms. The van der Waals surface area contributed by atoms with E-state index in [2.05, 4.69) is 29.2 Å². The van der Waals surface area contributed by atoms with Crippen LogP contribution in [-0.2, 0) is 13.0 Å². The van der Waals surface area contributed by atoms with E-state index < -0.39 is 0 Å². The Bertz CT molecular complexity index is 799. The van der Waals surface area contributed by atoms with Crippen molar-refractivity contribution in [3.8, 4) is 0 Å². The second-order valence-corrected chi connectivity index (χ2v) is 7.03. The summed E-state index contributed by atoms with van der Waals surface area (Å²) < 4.78 is 5.07. The van der Waals surface area contributed by atoms with Gasteiger partial charge in [-0.05, 0) is 32.3 Å². The number of amides is 1. The molecule has 0 N–H and O–H groups in total. The highest BCUT2D eigenvalue weighted by Gasteiger charge is 2.25. The molecule has 0 spiro atoms. The van der Waals surface area contributed by atoms with E-state index in [-0.39, 0.29) is 11.9 Å². The molecule has 0 saturated heterocycles. The smallest absolute Gasteiger partial charge is 0.276 e. The van der Waals surface area contributed by atoms with Crippen molar-refractivity contribution in [1.82, 2.24) is 15.0 Å². The van der Waals surface area contributed by atoms with E-state index in [1.807, 2.05) is 28.5 Å². The lowest BCUT2D eigenvalue weighted by Crippen LogP contribution is -2.38. The molecule has 0 aliphatic carbocycles. The first-order valence-electron chi connectivity index (χ1n) is 8.30. The molecule has 1 atom stereocenters. The van der Waals surface area contributed by atoms with Crippen LogP contribution in [0.3, 0.4) is 0 Å². The van der Waals surface area contributed by atoms with Crippen molar-refractivity contribution >= 4 is 17.2 Å². The van der Waals surface area contributed by atoms with Crippen molar-refractivity contribution in [2.75, 3.05) is 0 Å². The molecule has 0 aliphatic heterocycles. The predicted octanol–water partition coefficient (Wildman–Crippen LogP) is 4.10. The second kappa shape index (κ2) is 8.07. The van der Waals surface area contributed by atoms with Crippen molar-refractivity contribution in [2.45, 2.75) is 39.3 Å². The van der Waals surface area contributed by atoms with Gasteiger partial charge in [-0.2, -0.15) is 0 Å². The molecular weight excluding hydrogens is 334 g/mol. The summed E-state index contributed by atoms with van der Waals surface area (Å²) in [7, 11) is 0. The Morgan fingerprint density at radius 1 is 1.32 bits per heavy atom. The zero-order chi connectivity index (χ0) is 17.6. The maximum absolute atomic E-state index is 12.9. The summed E-state index contributed by atoms with van der Waals surface area (Å²) in [6.45, 7) is 4.34. The first-order chi connectivity index (χ1) is 12.1. The third-order valence-electron chi connectivity index (χ3n) is 4.12. The molecule has 1 amide bonds. The number of hydrogen-bond donors (Lipinski definition) is 0. The summed E-state index contributed by atoms with van der Waals surface area (Å²) in [5.41, 5.74) is 1.62. The summed E-state index contributed by atoms with van der Waals surface area (Å²) >= 11 is 1.55. The van der Waals surface area contributed by atoms with Gasteiger partial charge in [-0.15, -0.1) is 11.3 Å². The monoisotopic (exact) mass is 355 g/mol. The molecule has 3 aromatic rings. The Balaban J connectivity index is 1.73. The van der Waals surface area contributed by atoms with E-state index in [4.69, 9.17) is 4.52 Å². The number of thiazole rings is 1. The third-order valence-corrected chi connectivity index (χ3v) is 4.89. The number of hydrogen-bond acceptors (Lipinski definition) is 5. The quantitative estimate of drug-likeness (QED) is 0.640. The fraction of sp³-hybridized carbons (Fsp3) is 0.316. The summed E-state index contributed by atoms with van der Waals surface area (Å²) in [5, 5.41) is 6.72. The lowest BCUT2D eigenvalue weighted by atomic mass is 10.0. The van der Waals surface area contributed by atoms with Crippen LogP contribution >= 0.6 is 11.3 Å². The average Bonchev–Trinajstić information content (AvgIpc) is 3.29. The lowest BCUT2D eigenvalue weighted by molar-refractivity contribution is 0.0656. The zero-order valence-electron chi connectivity index (χ0n) is 14.4. The molecule has 0 bridgehead atoms. The molecule has 130 valence electrons. The van der Waals surface area contributed by atoms with Gasteiger partial charge < -0.3 is 9.42 Å². The predicted molar refractivity (Wildman–Crippen MR) is 97.5 cm³/mol. The van der Waals surface area contributed by atoms with Crippen LogP contribution in [0.2, 0.25) is 0 Å². The normalized spacial score (nSPS) is 12.1. The van der Waals surface area contributed by atoms with E-state index in [1.54, 1.807) is 30.5 Å². The van der Waals surface area contributed by atoms with Crippen molar-refractivity contribution < 1.29 is 9.32 Å². The highest BCUT2D eigenvalue weighted by molar-refractivity contribution is 7.09. The fourth-order valence-electron chi connectivity index (χ4n) is 2.69. The first kappa shape index (κ1) is 17.4. The van der Waals surface area contributed by atoms with Crippen LogP contribution in [0.4, 0.5) is 0 Å². The maximum atomic E-state index is 12.9. The van der Waals surface area contributed by atoms with Crippen LogP contribution < -0.4 is 0 Å². The topological polar surface area (TPSA) is 59.2 Å². The molecule has 2 heterocycles. The lowest BCUT2D eigenvalue weighted by Gasteiger charge is -2.28. The fourth-order valence-corrected chi connectivity index (χ4v) is 3.31. The standard InChI is InChI=1S/C19H21N3O2S/c1-14(8-9-16-6-4-3-5-7-16)22(13-18-20-10-11-25-18)19(23)17-12-15(2)24-21-17/h3-7,10-12,14H,8-9,13H2,1-2H3/t14-/m1/s1. The van der Waals surface area contributed by atoms with E-state index in [1.165, 1.54) is 5.56 Å². The van der Waals surface area contributed by atoms with Gasteiger partial charge in [-0.1, -0.05) is 35.5 Å². The van der Waals surface area contributed by atoms with Gasteiger partial charge in [0.2, 0.25) is 0 Å². The highest BCUT2D eigenvalue weighted by Crippen LogP contribution is 2.18. The Morgan fingerprint density at radius 3 is 2.76 bits per heavy atom. The number of carbonyl (C=O) groups excluding carboxylic acids is 1. The van der Waals surface area contributed by atoms with Gasteiger partial charge in [-0.25, -0.2) is 4.98 Å². The molecule has 1 aromatic carbocycles. The maximum Gasteiger partial charge on any atom is 0.276 e. The van der Waals surface area contributed by atoms with E-state index in [0.717, 1.165) is 17.8 Å².